The first kappa shape index (κ1) is 12.3. The first-order valence-corrected chi connectivity index (χ1v) is 6.09. The first-order chi connectivity index (χ1) is 7.10. The van der Waals surface area contributed by atoms with Gasteiger partial charge in [-0.3, -0.25) is 0 Å². The van der Waals surface area contributed by atoms with Crippen LogP contribution in [0.5, 0.6) is 0 Å². The Balaban J connectivity index is 3.13. The summed E-state index contributed by atoms with van der Waals surface area (Å²) in [6.45, 7) is 6.46. The Bertz CT molecular complexity index is 385. The minimum atomic E-state index is 0.476. The summed E-state index contributed by atoms with van der Waals surface area (Å²) in [5.74, 6) is 3.23. The molecule has 0 heterocycles. The van der Waals surface area contributed by atoms with Crippen LogP contribution in [-0.2, 0) is 0 Å². The Morgan fingerprint density at radius 3 is 2.47 bits per heavy atom. The van der Waals surface area contributed by atoms with Crippen molar-refractivity contribution in [2.45, 2.75) is 39.5 Å². The van der Waals surface area contributed by atoms with Crippen molar-refractivity contribution >= 4 is 15.9 Å². The molecule has 80 valence electrons. The highest BCUT2D eigenvalue weighted by atomic mass is 79.9. The van der Waals surface area contributed by atoms with Gasteiger partial charge in [0, 0.05) is 10.9 Å². The van der Waals surface area contributed by atoms with E-state index in [-0.39, 0.29) is 0 Å². The van der Waals surface area contributed by atoms with Gasteiger partial charge in [-0.15, -0.1) is 12.3 Å². The summed E-state index contributed by atoms with van der Waals surface area (Å²) in [4.78, 5) is 0. The van der Waals surface area contributed by atoms with Gasteiger partial charge < -0.3 is 0 Å². The maximum atomic E-state index is 5.40. The molecule has 0 amide bonds. The second-order valence-electron chi connectivity index (χ2n) is 3.97. The Morgan fingerprint density at radius 2 is 1.93 bits per heavy atom. The lowest BCUT2D eigenvalue weighted by molar-refractivity contribution is 0.681. The van der Waals surface area contributed by atoms with E-state index in [0.29, 0.717) is 5.92 Å². The smallest absolute Gasteiger partial charge is 0.0213 e. The molecule has 1 aromatic carbocycles. The van der Waals surface area contributed by atoms with Crippen molar-refractivity contribution in [1.82, 2.24) is 0 Å². The molecule has 0 spiro atoms. The van der Waals surface area contributed by atoms with Crippen LogP contribution in [0.3, 0.4) is 0 Å². The second-order valence-corrected chi connectivity index (χ2v) is 4.83. The Kier molecular flexibility index (Phi) is 4.42. The molecule has 1 unspecified atom stereocenters. The van der Waals surface area contributed by atoms with Gasteiger partial charge in [-0.25, -0.2) is 0 Å². The topological polar surface area (TPSA) is 0 Å². The van der Waals surface area contributed by atoms with Crippen molar-refractivity contribution < 1.29 is 0 Å². The molecule has 0 bridgehead atoms. The fourth-order valence-corrected chi connectivity index (χ4v) is 2.51. The molecular weight excluding hydrogens is 248 g/mol. The molecule has 0 nitrogen and oxygen atoms in total. The van der Waals surface area contributed by atoms with E-state index in [4.69, 9.17) is 6.42 Å². The van der Waals surface area contributed by atoms with Crippen molar-refractivity contribution in [3.63, 3.8) is 0 Å². The van der Waals surface area contributed by atoms with Crippen molar-refractivity contribution in [1.29, 1.82) is 0 Å². The fourth-order valence-electron chi connectivity index (χ4n) is 1.73. The lowest BCUT2D eigenvalue weighted by atomic mass is 9.91. The zero-order valence-electron chi connectivity index (χ0n) is 9.60. The largest absolute Gasteiger partial charge is 0.120 e. The number of halogens is 1. The van der Waals surface area contributed by atoms with Crippen LogP contribution >= 0.6 is 15.9 Å². The molecule has 1 heteroatoms. The highest BCUT2D eigenvalue weighted by Gasteiger charge is 2.12. The summed E-state index contributed by atoms with van der Waals surface area (Å²) in [5.41, 5.74) is 4.00. The lowest BCUT2D eigenvalue weighted by Crippen LogP contribution is -1.99. The van der Waals surface area contributed by atoms with E-state index in [2.05, 4.69) is 54.8 Å². The quantitative estimate of drug-likeness (QED) is 0.701. The van der Waals surface area contributed by atoms with Crippen molar-refractivity contribution in [2.75, 3.05) is 0 Å². The normalized spacial score (nSPS) is 12.2. The van der Waals surface area contributed by atoms with E-state index in [1.54, 1.807) is 0 Å². The number of benzene rings is 1. The molecule has 0 fully saturated rings. The van der Waals surface area contributed by atoms with E-state index < -0.39 is 0 Å². The standard InChI is InChI=1S/C14H17Br/c1-5-7-12(6-2)13-8-10(3)11(4)9-14(13)15/h1,8-9,12H,6-7H2,2-4H3. The van der Waals surface area contributed by atoms with Crippen LogP contribution < -0.4 is 0 Å². The van der Waals surface area contributed by atoms with Crippen LogP contribution in [0.4, 0.5) is 0 Å². The van der Waals surface area contributed by atoms with Gasteiger partial charge in [0.05, 0.1) is 0 Å². The molecule has 0 aliphatic heterocycles. The van der Waals surface area contributed by atoms with Gasteiger partial charge in [0.1, 0.15) is 0 Å². The van der Waals surface area contributed by atoms with Crippen molar-refractivity contribution in [3.05, 3.63) is 33.3 Å². The molecule has 0 radical (unpaired) electrons. The zero-order chi connectivity index (χ0) is 11.4. The molecule has 1 atom stereocenters. The molecule has 15 heavy (non-hydrogen) atoms. The van der Waals surface area contributed by atoms with Crippen LogP contribution in [-0.4, -0.2) is 0 Å². The predicted molar refractivity (Wildman–Crippen MR) is 70.1 cm³/mol. The summed E-state index contributed by atoms with van der Waals surface area (Å²) < 4.78 is 1.19. The van der Waals surface area contributed by atoms with E-state index in [1.807, 2.05) is 0 Å². The van der Waals surface area contributed by atoms with Crippen LogP contribution in [0.15, 0.2) is 16.6 Å². The zero-order valence-corrected chi connectivity index (χ0v) is 11.2. The summed E-state index contributed by atoms with van der Waals surface area (Å²) >= 11 is 3.62. The molecule has 1 aromatic rings. The Hall–Kier alpha value is -0.740. The lowest BCUT2D eigenvalue weighted by Gasteiger charge is -2.16. The van der Waals surface area contributed by atoms with Crippen molar-refractivity contribution in [3.8, 4) is 12.3 Å². The van der Waals surface area contributed by atoms with Gasteiger partial charge in [0.25, 0.3) is 0 Å². The van der Waals surface area contributed by atoms with Crippen LogP contribution in [0.1, 0.15) is 42.4 Å². The minimum absolute atomic E-state index is 0.476. The molecule has 1 rings (SSSR count). The van der Waals surface area contributed by atoms with E-state index in [9.17, 15) is 0 Å². The monoisotopic (exact) mass is 264 g/mol. The minimum Gasteiger partial charge on any atom is -0.120 e. The maximum Gasteiger partial charge on any atom is 0.0213 e. The Morgan fingerprint density at radius 1 is 1.33 bits per heavy atom. The van der Waals surface area contributed by atoms with Gasteiger partial charge >= 0.3 is 0 Å². The van der Waals surface area contributed by atoms with E-state index >= 15 is 0 Å². The average Bonchev–Trinajstić information content (AvgIpc) is 2.20. The molecule has 0 N–H and O–H groups in total. The number of aryl methyl sites for hydroxylation is 2. The van der Waals surface area contributed by atoms with E-state index in [0.717, 1.165) is 12.8 Å². The molecule has 0 saturated carbocycles. The SMILES string of the molecule is C#CCC(CC)c1cc(C)c(C)cc1Br. The number of terminal acetylenes is 1. The van der Waals surface area contributed by atoms with Gasteiger partial charge in [0.2, 0.25) is 0 Å². The van der Waals surface area contributed by atoms with E-state index in [1.165, 1.54) is 21.2 Å². The predicted octanol–water partition coefficient (Wildman–Crippen LogP) is 4.58. The van der Waals surface area contributed by atoms with Gasteiger partial charge in [0.15, 0.2) is 0 Å². The third kappa shape index (κ3) is 2.86. The summed E-state index contributed by atoms with van der Waals surface area (Å²) in [5, 5.41) is 0. The van der Waals surface area contributed by atoms with Crippen LogP contribution in [0.2, 0.25) is 0 Å². The number of rotatable bonds is 3. The molecule has 0 aliphatic rings. The third-order valence-corrected chi connectivity index (χ3v) is 3.60. The molecular formula is C14H17Br. The van der Waals surface area contributed by atoms with Gasteiger partial charge in [-0.2, -0.15) is 0 Å². The third-order valence-electron chi connectivity index (χ3n) is 2.91. The highest BCUT2D eigenvalue weighted by Crippen LogP contribution is 2.31. The molecule has 0 aromatic heterocycles. The summed E-state index contributed by atoms with van der Waals surface area (Å²) in [7, 11) is 0. The highest BCUT2D eigenvalue weighted by molar-refractivity contribution is 9.10. The molecule has 0 aliphatic carbocycles. The second kappa shape index (κ2) is 5.37. The summed E-state index contributed by atoms with van der Waals surface area (Å²) in [6, 6.07) is 4.44. The van der Waals surface area contributed by atoms with Crippen LogP contribution in [0, 0.1) is 26.2 Å². The Labute approximate surface area is 101 Å². The van der Waals surface area contributed by atoms with Crippen LogP contribution in [0.25, 0.3) is 0 Å². The van der Waals surface area contributed by atoms with Crippen molar-refractivity contribution in [2.24, 2.45) is 0 Å². The maximum absolute atomic E-state index is 5.40. The number of hydrogen-bond acceptors (Lipinski definition) is 0. The average molecular weight is 265 g/mol. The number of hydrogen-bond donors (Lipinski definition) is 0. The summed E-state index contributed by atoms with van der Waals surface area (Å²) in [6.07, 6.45) is 7.30. The fraction of sp³-hybridized carbons (Fsp3) is 0.429. The molecule has 0 saturated heterocycles. The van der Waals surface area contributed by atoms with Gasteiger partial charge in [-0.05, 0) is 48.9 Å². The van der Waals surface area contributed by atoms with Gasteiger partial charge in [-0.1, -0.05) is 28.9 Å². The first-order valence-electron chi connectivity index (χ1n) is 5.30.